The summed E-state index contributed by atoms with van der Waals surface area (Å²) in [7, 11) is -3.71. The number of hydrogen-bond donors (Lipinski definition) is 1. The van der Waals surface area contributed by atoms with Gasteiger partial charge in [0.1, 0.15) is 4.21 Å². The van der Waals surface area contributed by atoms with Crippen molar-refractivity contribution in [1.29, 1.82) is 0 Å². The zero-order chi connectivity index (χ0) is 15.1. The van der Waals surface area contributed by atoms with E-state index < -0.39 is 14.9 Å². The van der Waals surface area contributed by atoms with E-state index in [4.69, 9.17) is 5.73 Å². The molecule has 20 heavy (non-hydrogen) atoms. The van der Waals surface area contributed by atoms with Gasteiger partial charge in [-0.25, -0.2) is 8.42 Å². The first-order chi connectivity index (χ1) is 9.13. The molecule has 1 aromatic rings. The number of nitrogen functional groups attached to an aromatic ring is 1. The minimum atomic E-state index is -3.71. The van der Waals surface area contributed by atoms with Crippen LogP contribution >= 0.6 is 23.1 Å². The molecule has 0 saturated carbocycles. The Morgan fingerprint density at radius 1 is 1.50 bits per heavy atom. The van der Waals surface area contributed by atoms with Gasteiger partial charge in [-0.2, -0.15) is 16.1 Å². The molecule has 10 heteroatoms. The summed E-state index contributed by atoms with van der Waals surface area (Å²) in [5.74, 6) is 0.704. The number of thioether (sulfide) groups is 1. The monoisotopic (exact) mass is 337 g/mol. The minimum Gasteiger partial charge on any atom is -0.385 e. The van der Waals surface area contributed by atoms with E-state index in [1.54, 1.807) is 11.8 Å². The second-order valence-corrected chi connectivity index (χ2v) is 10.1. The van der Waals surface area contributed by atoms with Gasteiger partial charge >= 0.3 is 5.69 Å². The Hall–Kier alpha value is -0.840. The van der Waals surface area contributed by atoms with E-state index in [9.17, 15) is 18.5 Å². The van der Waals surface area contributed by atoms with Crippen LogP contribution in [0.15, 0.2) is 10.3 Å². The Morgan fingerprint density at radius 2 is 2.15 bits per heavy atom. The topological polar surface area (TPSA) is 107 Å². The summed E-state index contributed by atoms with van der Waals surface area (Å²) < 4.78 is 26.2. The van der Waals surface area contributed by atoms with Gasteiger partial charge in [-0.05, 0) is 13.8 Å². The summed E-state index contributed by atoms with van der Waals surface area (Å²) in [4.78, 5) is 10.1. The van der Waals surface area contributed by atoms with Crippen LogP contribution in [0, 0.1) is 10.1 Å². The van der Waals surface area contributed by atoms with Gasteiger partial charge in [-0.15, -0.1) is 0 Å². The van der Waals surface area contributed by atoms with E-state index in [0.717, 1.165) is 17.4 Å². The van der Waals surface area contributed by atoms with Gasteiger partial charge in [0, 0.05) is 29.7 Å². The number of thiophene rings is 1. The first-order valence-electron chi connectivity index (χ1n) is 5.81. The Morgan fingerprint density at radius 3 is 2.65 bits per heavy atom. The van der Waals surface area contributed by atoms with E-state index in [1.165, 1.54) is 4.31 Å². The lowest BCUT2D eigenvalue weighted by atomic mass is 10.2. The predicted octanol–water partition coefficient (Wildman–Crippen LogP) is 1.75. The molecule has 2 N–H and O–H groups in total. The highest BCUT2D eigenvalue weighted by atomic mass is 32.2. The van der Waals surface area contributed by atoms with E-state index in [-0.39, 0.29) is 19.6 Å². The van der Waals surface area contributed by atoms with E-state index in [0.29, 0.717) is 18.8 Å². The molecule has 0 unspecified atom stereocenters. The number of nitrogens with zero attached hydrogens (tertiary/aromatic N) is 2. The molecule has 0 spiro atoms. The Labute approximate surface area is 125 Å². The van der Waals surface area contributed by atoms with E-state index >= 15 is 0 Å². The SMILES string of the molecule is CC1(C)CN(S(=O)(=O)c2cc([N+](=O)[O-])c(N)s2)CCS1. The number of rotatable bonds is 3. The molecule has 2 heterocycles. The molecule has 1 aromatic heterocycles. The lowest BCUT2D eigenvalue weighted by Crippen LogP contribution is -2.45. The van der Waals surface area contributed by atoms with Gasteiger partial charge in [0.05, 0.1) is 4.92 Å². The maximum Gasteiger partial charge on any atom is 0.304 e. The molecule has 0 bridgehead atoms. The van der Waals surface area contributed by atoms with Crippen molar-refractivity contribution in [3.8, 4) is 0 Å². The fourth-order valence-electron chi connectivity index (χ4n) is 1.95. The number of nitrogens with two attached hydrogens (primary N) is 1. The fourth-order valence-corrected chi connectivity index (χ4v) is 6.23. The summed E-state index contributed by atoms with van der Waals surface area (Å²) in [6, 6.07) is 1.05. The van der Waals surface area contributed by atoms with Crippen molar-refractivity contribution in [1.82, 2.24) is 4.31 Å². The first-order valence-corrected chi connectivity index (χ1v) is 9.05. The van der Waals surface area contributed by atoms with Crippen molar-refractivity contribution in [2.45, 2.75) is 22.8 Å². The minimum absolute atomic E-state index is 0.0654. The van der Waals surface area contributed by atoms with Crippen LogP contribution in [0.3, 0.4) is 0 Å². The number of nitro groups is 1. The van der Waals surface area contributed by atoms with Crippen LogP contribution in [0.4, 0.5) is 10.7 Å². The molecular weight excluding hydrogens is 322 g/mol. The quantitative estimate of drug-likeness (QED) is 0.665. The molecule has 0 amide bonds. The summed E-state index contributed by atoms with van der Waals surface area (Å²) in [6.07, 6.45) is 0. The van der Waals surface area contributed by atoms with Crippen LogP contribution in [0.1, 0.15) is 13.8 Å². The van der Waals surface area contributed by atoms with Crippen molar-refractivity contribution in [3.05, 3.63) is 16.2 Å². The van der Waals surface area contributed by atoms with Gasteiger partial charge in [-0.3, -0.25) is 10.1 Å². The van der Waals surface area contributed by atoms with Crippen LogP contribution in [0.25, 0.3) is 0 Å². The van der Waals surface area contributed by atoms with Crippen LogP contribution in [0.2, 0.25) is 0 Å². The molecule has 7 nitrogen and oxygen atoms in total. The molecule has 0 aromatic carbocycles. The van der Waals surface area contributed by atoms with Crippen molar-refractivity contribution in [2.24, 2.45) is 0 Å². The lowest BCUT2D eigenvalue weighted by Gasteiger charge is -2.36. The largest absolute Gasteiger partial charge is 0.385 e. The number of sulfonamides is 1. The van der Waals surface area contributed by atoms with Crippen LogP contribution in [0.5, 0.6) is 0 Å². The van der Waals surface area contributed by atoms with Gasteiger partial charge in [0.15, 0.2) is 5.00 Å². The number of hydrogen-bond acceptors (Lipinski definition) is 7. The van der Waals surface area contributed by atoms with Crippen LogP contribution in [-0.2, 0) is 10.0 Å². The third-order valence-electron chi connectivity index (χ3n) is 2.90. The van der Waals surface area contributed by atoms with E-state index in [1.807, 2.05) is 13.8 Å². The molecule has 0 radical (unpaired) electrons. The molecule has 1 saturated heterocycles. The van der Waals surface area contributed by atoms with Gasteiger partial charge in [-0.1, -0.05) is 11.3 Å². The highest BCUT2D eigenvalue weighted by molar-refractivity contribution is 8.00. The van der Waals surface area contributed by atoms with Gasteiger partial charge in [0.25, 0.3) is 10.0 Å². The predicted molar refractivity (Wildman–Crippen MR) is 80.7 cm³/mol. The molecule has 2 rings (SSSR count). The zero-order valence-corrected chi connectivity index (χ0v) is 13.5. The Bertz CT molecular complexity index is 638. The zero-order valence-electron chi connectivity index (χ0n) is 11.0. The maximum absolute atomic E-state index is 12.5. The Balaban J connectivity index is 2.35. The Kier molecular flexibility index (Phi) is 4.02. The van der Waals surface area contributed by atoms with Crippen LogP contribution in [-0.4, -0.2) is 41.2 Å². The van der Waals surface area contributed by atoms with Gasteiger partial charge in [0.2, 0.25) is 0 Å². The smallest absolute Gasteiger partial charge is 0.304 e. The van der Waals surface area contributed by atoms with Crippen molar-refractivity contribution < 1.29 is 13.3 Å². The first kappa shape index (κ1) is 15.5. The average Bonchev–Trinajstić information content (AvgIpc) is 2.70. The van der Waals surface area contributed by atoms with Crippen molar-refractivity contribution in [3.63, 3.8) is 0 Å². The van der Waals surface area contributed by atoms with Crippen molar-refractivity contribution in [2.75, 3.05) is 24.6 Å². The second-order valence-electron chi connectivity index (χ2n) is 5.02. The molecule has 1 aliphatic heterocycles. The second kappa shape index (κ2) is 5.17. The summed E-state index contributed by atoms with van der Waals surface area (Å²) >= 11 is 2.46. The highest BCUT2D eigenvalue weighted by Crippen LogP contribution is 2.38. The maximum atomic E-state index is 12.5. The lowest BCUT2D eigenvalue weighted by molar-refractivity contribution is -0.383. The van der Waals surface area contributed by atoms with E-state index in [2.05, 4.69) is 0 Å². The molecular formula is C10H15N3O4S3. The third kappa shape index (κ3) is 2.92. The third-order valence-corrected chi connectivity index (χ3v) is 7.44. The summed E-state index contributed by atoms with van der Waals surface area (Å²) in [5.41, 5.74) is 5.16. The van der Waals surface area contributed by atoms with Gasteiger partial charge < -0.3 is 5.73 Å². The van der Waals surface area contributed by atoms with Crippen LogP contribution < -0.4 is 5.73 Å². The highest BCUT2D eigenvalue weighted by Gasteiger charge is 2.36. The summed E-state index contributed by atoms with van der Waals surface area (Å²) in [6.45, 7) is 4.74. The molecule has 0 aliphatic carbocycles. The average molecular weight is 337 g/mol. The molecule has 1 fully saturated rings. The number of anilines is 1. The molecule has 1 aliphatic rings. The standard InChI is InChI=1S/C10H15N3O4S3/c1-10(2)6-12(3-4-18-10)20(16,17)8-5-7(13(14)15)9(11)19-8/h5H,3-4,6,11H2,1-2H3. The van der Waals surface area contributed by atoms with Crippen molar-refractivity contribution >= 4 is 43.8 Å². The molecule has 0 atom stereocenters. The normalized spacial score (nSPS) is 19.9. The molecule has 112 valence electrons. The summed E-state index contributed by atoms with van der Waals surface area (Å²) in [5, 5.41) is 10.7. The fraction of sp³-hybridized carbons (Fsp3) is 0.600.